The Balaban J connectivity index is 1.37. The molecule has 0 amide bonds. The third-order valence-corrected chi connectivity index (χ3v) is 10.00. The summed E-state index contributed by atoms with van der Waals surface area (Å²) in [7, 11) is 0. The van der Waals surface area contributed by atoms with Crippen LogP contribution in [0, 0.1) is 13.8 Å². The normalized spacial score (nSPS) is 14.9. The van der Waals surface area contributed by atoms with Crippen LogP contribution in [0.2, 0.25) is 0 Å². The number of aromatic amines is 1. The number of hydrogen-bond acceptors (Lipinski definition) is 10. The maximum atomic E-state index is 12.8. The minimum Gasteiger partial charge on any atom is -0.379 e. The smallest absolute Gasteiger partial charge is 0.259 e. The Labute approximate surface area is 218 Å². The zero-order valence-electron chi connectivity index (χ0n) is 19.3. The maximum absolute atomic E-state index is 12.8. The van der Waals surface area contributed by atoms with E-state index in [9.17, 15) is 4.79 Å². The third-order valence-electron chi connectivity index (χ3n) is 6.14. The zero-order valence-corrected chi connectivity index (χ0v) is 22.6. The molecule has 0 saturated carbocycles. The van der Waals surface area contributed by atoms with Crippen LogP contribution in [-0.2, 0) is 17.0 Å². The standard InChI is InChI=1S/C24H23N5O2S4/c1-13-14(2)35-24-19(13)21(30)25-18(28-24)12-34-23-20-15(16-4-3-9-32-16)11-33-22(20)26-17(27-23)10-29-5-7-31-8-6-29/h3-4,9,11H,5-8,10,12H2,1-2H3,(H,25,28,30). The number of thiophene rings is 3. The number of thioether (sulfide) groups is 1. The second kappa shape index (κ2) is 9.72. The molecule has 0 radical (unpaired) electrons. The van der Waals surface area contributed by atoms with Crippen LogP contribution in [0.4, 0.5) is 0 Å². The molecule has 1 saturated heterocycles. The summed E-state index contributed by atoms with van der Waals surface area (Å²) < 4.78 is 5.49. The van der Waals surface area contributed by atoms with E-state index in [2.05, 4.69) is 32.8 Å². The molecule has 5 aromatic rings. The summed E-state index contributed by atoms with van der Waals surface area (Å²) in [6.07, 6.45) is 0. The van der Waals surface area contributed by atoms with Gasteiger partial charge in [0.25, 0.3) is 5.56 Å². The van der Waals surface area contributed by atoms with Gasteiger partial charge in [-0.1, -0.05) is 17.8 Å². The molecule has 0 bridgehead atoms. The lowest BCUT2D eigenvalue weighted by atomic mass is 10.2. The Kier molecular flexibility index (Phi) is 6.46. The van der Waals surface area contributed by atoms with E-state index in [1.807, 2.05) is 13.8 Å². The van der Waals surface area contributed by atoms with E-state index < -0.39 is 0 Å². The lowest BCUT2D eigenvalue weighted by Gasteiger charge is -2.25. The summed E-state index contributed by atoms with van der Waals surface area (Å²) in [4.78, 5) is 37.0. The number of rotatable bonds is 6. The second-order valence-electron chi connectivity index (χ2n) is 8.41. The van der Waals surface area contributed by atoms with Crippen molar-refractivity contribution in [2.24, 2.45) is 0 Å². The van der Waals surface area contributed by atoms with E-state index in [0.717, 1.165) is 62.6 Å². The predicted molar refractivity (Wildman–Crippen MR) is 146 cm³/mol. The van der Waals surface area contributed by atoms with Crippen LogP contribution >= 0.6 is 45.8 Å². The monoisotopic (exact) mass is 541 g/mol. The fourth-order valence-electron chi connectivity index (χ4n) is 4.20. The van der Waals surface area contributed by atoms with Gasteiger partial charge in [0, 0.05) is 33.8 Å². The molecule has 6 heterocycles. The lowest BCUT2D eigenvalue weighted by molar-refractivity contribution is 0.0330. The first kappa shape index (κ1) is 23.3. The van der Waals surface area contributed by atoms with Gasteiger partial charge in [-0.2, -0.15) is 0 Å². The quantitative estimate of drug-likeness (QED) is 0.226. The van der Waals surface area contributed by atoms with Crippen molar-refractivity contribution in [3.63, 3.8) is 0 Å². The van der Waals surface area contributed by atoms with Gasteiger partial charge >= 0.3 is 0 Å². The molecule has 0 unspecified atom stereocenters. The third kappa shape index (κ3) is 4.56. The number of H-pyrrole nitrogens is 1. The fourth-order valence-corrected chi connectivity index (χ4v) is 8.03. The van der Waals surface area contributed by atoms with Crippen LogP contribution in [-0.4, -0.2) is 51.1 Å². The Morgan fingerprint density at radius 1 is 1.11 bits per heavy atom. The number of nitrogens with one attached hydrogen (secondary N) is 1. The minimum atomic E-state index is -0.0666. The van der Waals surface area contributed by atoms with E-state index in [4.69, 9.17) is 19.7 Å². The average Bonchev–Trinajstić information content (AvgIpc) is 3.58. The molecule has 0 aliphatic carbocycles. The Morgan fingerprint density at radius 3 is 2.77 bits per heavy atom. The number of hydrogen-bond donors (Lipinski definition) is 1. The summed E-state index contributed by atoms with van der Waals surface area (Å²) in [6, 6.07) is 4.20. The summed E-state index contributed by atoms with van der Waals surface area (Å²) >= 11 is 6.57. The van der Waals surface area contributed by atoms with Gasteiger partial charge in [-0.3, -0.25) is 9.69 Å². The second-order valence-corrected chi connectivity index (χ2v) is 12.4. The van der Waals surface area contributed by atoms with Crippen molar-refractivity contribution in [1.82, 2.24) is 24.8 Å². The van der Waals surface area contributed by atoms with Crippen molar-refractivity contribution in [3.05, 3.63) is 55.3 Å². The van der Waals surface area contributed by atoms with Crippen molar-refractivity contribution in [2.75, 3.05) is 26.3 Å². The number of morpholine rings is 1. The van der Waals surface area contributed by atoms with Crippen LogP contribution in [0.25, 0.3) is 30.9 Å². The number of aromatic nitrogens is 4. The van der Waals surface area contributed by atoms with E-state index in [-0.39, 0.29) is 5.56 Å². The summed E-state index contributed by atoms with van der Waals surface area (Å²) in [6.45, 7) is 7.98. The van der Waals surface area contributed by atoms with Gasteiger partial charge in [-0.25, -0.2) is 15.0 Å². The van der Waals surface area contributed by atoms with Crippen molar-refractivity contribution in [3.8, 4) is 10.4 Å². The molecule has 1 N–H and O–H groups in total. The molecule has 35 heavy (non-hydrogen) atoms. The van der Waals surface area contributed by atoms with Crippen LogP contribution in [0.1, 0.15) is 22.1 Å². The predicted octanol–water partition coefficient (Wildman–Crippen LogP) is 5.46. The summed E-state index contributed by atoms with van der Waals surface area (Å²) in [5.74, 6) is 2.02. The fraction of sp³-hybridized carbons (Fsp3) is 0.333. The first-order chi connectivity index (χ1) is 17.1. The zero-order chi connectivity index (χ0) is 23.9. The molecule has 5 aromatic heterocycles. The van der Waals surface area contributed by atoms with E-state index >= 15 is 0 Å². The van der Waals surface area contributed by atoms with Crippen LogP contribution in [0.3, 0.4) is 0 Å². The van der Waals surface area contributed by atoms with E-state index in [1.165, 1.54) is 10.4 Å². The highest BCUT2D eigenvalue weighted by molar-refractivity contribution is 7.98. The van der Waals surface area contributed by atoms with Gasteiger partial charge in [-0.15, -0.1) is 34.0 Å². The molecular formula is C24H23N5O2S4. The number of aryl methyl sites for hydroxylation is 2. The SMILES string of the molecule is Cc1sc2nc(CSc3nc(CN4CCOCC4)nc4scc(-c5cccs5)c34)[nH]c(=O)c2c1C. The maximum Gasteiger partial charge on any atom is 0.259 e. The molecular weight excluding hydrogens is 519 g/mol. The van der Waals surface area contributed by atoms with Gasteiger partial charge in [0.2, 0.25) is 0 Å². The van der Waals surface area contributed by atoms with Gasteiger partial charge < -0.3 is 9.72 Å². The molecule has 1 aliphatic heterocycles. The van der Waals surface area contributed by atoms with Gasteiger partial charge in [0.1, 0.15) is 26.3 Å². The lowest BCUT2D eigenvalue weighted by Crippen LogP contribution is -2.36. The highest BCUT2D eigenvalue weighted by Crippen LogP contribution is 2.40. The topological polar surface area (TPSA) is 84.0 Å². The van der Waals surface area contributed by atoms with Crippen molar-refractivity contribution in [2.45, 2.75) is 31.2 Å². The molecule has 0 atom stereocenters. The van der Waals surface area contributed by atoms with Crippen molar-refractivity contribution >= 4 is 66.2 Å². The first-order valence-electron chi connectivity index (χ1n) is 11.3. The molecule has 0 aromatic carbocycles. The Morgan fingerprint density at radius 2 is 1.97 bits per heavy atom. The molecule has 7 nitrogen and oxygen atoms in total. The number of nitrogens with zero attached hydrogens (tertiary/aromatic N) is 4. The largest absolute Gasteiger partial charge is 0.379 e. The van der Waals surface area contributed by atoms with Crippen LogP contribution in [0.15, 0.2) is 32.7 Å². The van der Waals surface area contributed by atoms with E-state index in [1.54, 1.807) is 45.8 Å². The molecule has 11 heteroatoms. The number of fused-ring (bicyclic) bond motifs is 2. The highest BCUT2D eigenvalue weighted by atomic mass is 32.2. The first-order valence-corrected chi connectivity index (χ1v) is 14.9. The summed E-state index contributed by atoms with van der Waals surface area (Å²) in [5, 5.41) is 6.99. The number of ether oxygens (including phenoxy) is 1. The molecule has 1 fully saturated rings. The highest BCUT2D eigenvalue weighted by Gasteiger charge is 2.20. The van der Waals surface area contributed by atoms with Crippen molar-refractivity contribution in [1.29, 1.82) is 0 Å². The van der Waals surface area contributed by atoms with Crippen LogP contribution in [0.5, 0.6) is 0 Å². The van der Waals surface area contributed by atoms with Crippen LogP contribution < -0.4 is 5.56 Å². The Hall–Kier alpha value is -2.15. The summed E-state index contributed by atoms with van der Waals surface area (Å²) in [5.41, 5.74) is 2.12. The molecule has 180 valence electrons. The van der Waals surface area contributed by atoms with Gasteiger partial charge in [0.05, 0.1) is 36.3 Å². The van der Waals surface area contributed by atoms with Gasteiger partial charge in [-0.05, 0) is 30.9 Å². The molecule has 1 aliphatic rings. The molecule has 6 rings (SSSR count). The van der Waals surface area contributed by atoms with Gasteiger partial charge in [0.15, 0.2) is 0 Å². The Bertz CT molecular complexity index is 1560. The minimum absolute atomic E-state index is 0.0666. The molecule has 0 spiro atoms. The van der Waals surface area contributed by atoms with E-state index in [0.29, 0.717) is 23.5 Å². The average molecular weight is 542 g/mol. The van der Waals surface area contributed by atoms with Crippen molar-refractivity contribution < 1.29 is 4.74 Å².